The third-order valence-corrected chi connectivity index (χ3v) is 7.47. The molecule has 114 valence electrons. The van der Waals surface area contributed by atoms with E-state index in [0.29, 0.717) is 5.75 Å². The van der Waals surface area contributed by atoms with Gasteiger partial charge in [0.15, 0.2) is 0 Å². The molecule has 1 unspecified atom stereocenters. The monoisotopic (exact) mass is 340 g/mol. The average Bonchev–Trinajstić information content (AvgIpc) is 2.46. The van der Waals surface area contributed by atoms with E-state index in [1.165, 1.54) is 31.4 Å². The predicted octanol–water partition coefficient (Wildman–Crippen LogP) is 3.30. The van der Waals surface area contributed by atoms with E-state index in [1.807, 2.05) is 6.92 Å². The fourth-order valence-corrected chi connectivity index (χ4v) is 4.84. The van der Waals surface area contributed by atoms with Gasteiger partial charge in [0.05, 0.1) is 12.0 Å². The highest BCUT2D eigenvalue weighted by Gasteiger charge is 2.25. The highest BCUT2D eigenvalue weighted by molar-refractivity contribution is 8.55. The van der Waals surface area contributed by atoms with Crippen LogP contribution in [0.5, 0.6) is 5.75 Å². The molecule has 1 aromatic rings. The first-order valence-electron chi connectivity index (χ1n) is 5.77. The van der Waals surface area contributed by atoms with Gasteiger partial charge in [-0.1, -0.05) is 6.92 Å². The summed E-state index contributed by atoms with van der Waals surface area (Å²) in [5.74, 6) is 0.912. The van der Waals surface area contributed by atoms with Crippen LogP contribution < -0.4 is 4.52 Å². The van der Waals surface area contributed by atoms with E-state index in [0.717, 1.165) is 24.9 Å². The molecule has 0 spiro atoms. The molecule has 1 rings (SSSR count). The lowest BCUT2D eigenvalue weighted by Crippen LogP contribution is -2.02. The van der Waals surface area contributed by atoms with Gasteiger partial charge in [-0.3, -0.25) is 8.71 Å². The van der Waals surface area contributed by atoms with E-state index < -0.39 is 16.9 Å². The summed E-state index contributed by atoms with van der Waals surface area (Å²) in [4.78, 5) is 0.000750. The Morgan fingerprint density at radius 3 is 2.25 bits per heavy atom. The van der Waals surface area contributed by atoms with Crippen molar-refractivity contribution in [2.75, 3.05) is 20.0 Å². The zero-order valence-corrected chi connectivity index (χ0v) is 14.0. The van der Waals surface area contributed by atoms with Gasteiger partial charge in [-0.25, -0.2) is 4.57 Å². The van der Waals surface area contributed by atoms with Crippen LogP contribution in [0.15, 0.2) is 29.2 Å². The van der Waals surface area contributed by atoms with Crippen LogP contribution in [-0.2, 0) is 23.4 Å². The van der Waals surface area contributed by atoms with Crippen molar-refractivity contribution in [2.45, 2.75) is 18.2 Å². The fourth-order valence-electron chi connectivity index (χ4n) is 1.21. The topological polar surface area (TPSA) is 78.9 Å². The smallest absolute Gasteiger partial charge is 0.417 e. The van der Waals surface area contributed by atoms with E-state index in [1.54, 1.807) is 0 Å². The molecule has 1 aromatic carbocycles. The molecule has 0 radical (unpaired) electrons. The van der Waals surface area contributed by atoms with Crippen molar-refractivity contribution in [2.24, 2.45) is 0 Å². The van der Waals surface area contributed by atoms with Crippen molar-refractivity contribution in [3.63, 3.8) is 0 Å². The molecule has 9 heteroatoms. The van der Waals surface area contributed by atoms with Gasteiger partial charge in [0.1, 0.15) is 5.75 Å². The van der Waals surface area contributed by atoms with Crippen molar-refractivity contribution < 1.29 is 26.2 Å². The van der Waals surface area contributed by atoms with E-state index in [4.69, 9.17) is 9.05 Å². The maximum absolute atomic E-state index is 12.2. The number of rotatable bonds is 8. The van der Waals surface area contributed by atoms with E-state index in [2.05, 4.69) is 4.18 Å². The summed E-state index contributed by atoms with van der Waals surface area (Å²) < 4.78 is 49.7. The molecular weight excluding hydrogens is 323 g/mol. The summed E-state index contributed by atoms with van der Waals surface area (Å²) in [5.41, 5.74) is 0. The van der Waals surface area contributed by atoms with Gasteiger partial charge in [-0.15, -0.1) is 0 Å². The van der Waals surface area contributed by atoms with Crippen LogP contribution in [0, 0.1) is 0 Å². The molecule has 0 bridgehead atoms. The normalized spacial score (nSPS) is 14.8. The van der Waals surface area contributed by atoms with E-state index in [9.17, 15) is 13.0 Å². The molecule has 0 saturated heterocycles. The van der Waals surface area contributed by atoms with Gasteiger partial charge in [0, 0.05) is 12.9 Å². The minimum Gasteiger partial charge on any atom is -0.417 e. The van der Waals surface area contributed by atoms with Crippen molar-refractivity contribution in [3.05, 3.63) is 24.3 Å². The maximum Gasteiger partial charge on any atom is 0.439 e. The van der Waals surface area contributed by atoms with Gasteiger partial charge in [-0.2, -0.15) is 8.42 Å². The lowest BCUT2D eigenvalue weighted by atomic mass is 10.3. The molecule has 0 aromatic heterocycles. The molecule has 0 aliphatic heterocycles. The zero-order valence-electron chi connectivity index (χ0n) is 11.4. The summed E-state index contributed by atoms with van der Waals surface area (Å²) in [6.07, 6.45) is 0.840. The zero-order chi connectivity index (χ0) is 15.2. The second-order valence-corrected chi connectivity index (χ2v) is 9.58. The van der Waals surface area contributed by atoms with E-state index >= 15 is 0 Å². The van der Waals surface area contributed by atoms with Crippen LogP contribution in [0.3, 0.4) is 0 Å². The third kappa shape index (κ3) is 4.79. The maximum atomic E-state index is 12.2. The van der Waals surface area contributed by atoms with Crippen LogP contribution in [-0.4, -0.2) is 28.4 Å². The Kier molecular flexibility index (Phi) is 6.54. The number of benzene rings is 1. The third-order valence-electron chi connectivity index (χ3n) is 2.23. The highest BCUT2D eigenvalue weighted by atomic mass is 32.7. The highest BCUT2D eigenvalue weighted by Crippen LogP contribution is 2.59. The van der Waals surface area contributed by atoms with Gasteiger partial charge in [0.25, 0.3) is 10.1 Å². The van der Waals surface area contributed by atoms with Gasteiger partial charge in [-0.05, 0) is 42.1 Å². The molecule has 0 N–H and O–H groups in total. The Bertz CT molecular complexity index is 569. The molecular formula is C11H17O6PS2. The lowest BCUT2D eigenvalue weighted by Gasteiger charge is -2.16. The first kappa shape index (κ1) is 17.5. The molecule has 0 heterocycles. The van der Waals surface area contributed by atoms with Crippen LogP contribution in [0.2, 0.25) is 0 Å². The Labute approximate surface area is 123 Å². The Morgan fingerprint density at radius 2 is 1.80 bits per heavy atom. The molecule has 1 atom stereocenters. The Morgan fingerprint density at radius 1 is 1.20 bits per heavy atom. The average molecular weight is 340 g/mol. The van der Waals surface area contributed by atoms with Crippen LogP contribution >= 0.6 is 18.2 Å². The summed E-state index contributed by atoms with van der Waals surface area (Å²) >= 11 is 1.10. The second kappa shape index (κ2) is 7.47. The minimum absolute atomic E-state index is 0.000750. The van der Waals surface area contributed by atoms with Crippen LogP contribution in [0.4, 0.5) is 0 Å². The Balaban J connectivity index is 2.86. The standard InChI is InChI=1S/C11H17O6PS2/c1-4-9-19-18(12,15-2)17-10-5-7-11(8-6-10)20(13,14)16-3/h5-8H,4,9H2,1-3H3. The molecule has 0 amide bonds. The quantitative estimate of drug-likeness (QED) is 0.530. The van der Waals surface area contributed by atoms with Gasteiger partial charge < -0.3 is 4.52 Å². The van der Waals surface area contributed by atoms with Crippen LogP contribution in [0.25, 0.3) is 0 Å². The van der Waals surface area contributed by atoms with Gasteiger partial charge >= 0.3 is 6.80 Å². The summed E-state index contributed by atoms with van der Waals surface area (Å²) in [6, 6.07) is 5.45. The summed E-state index contributed by atoms with van der Waals surface area (Å²) in [6.45, 7) is -1.31. The van der Waals surface area contributed by atoms with Crippen molar-refractivity contribution in [1.29, 1.82) is 0 Å². The molecule has 6 nitrogen and oxygen atoms in total. The molecule has 0 fully saturated rings. The first-order valence-corrected chi connectivity index (χ1v) is 10.3. The fraction of sp³-hybridized carbons (Fsp3) is 0.455. The van der Waals surface area contributed by atoms with Crippen molar-refractivity contribution in [1.82, 2.24) is 0 Å². The number of hydrogen-bond acceptors (Lipinski definition) is 7. The number of hydrogen-bond donors (Lipinski definition) is 0. The van der Waals surface area contributed by atoms with Crippen molar-refractivity contribution in [3.8, 4) is 5.75 Å². The summed E-state index contributed by atoms with van der Waals surface area (Å²) in [5, 5.41) is 0. The van der Waals surface area contributed by atoms with E-state index in [-0.39, 0.29) is 10.6 Å². The largest absolute Gasteiger partial charge is 0.439 e. The Hall–Kier alpha value is -0.530. The molecule has 20 heavy (non-hydrogen) atoms. The molecule has 0 aliphatic carbocycles. The van der Waals surface area contributed by atoms with Crippen molar-refractivity contribution >= 4 is 28.3 Å². The second-order valence-electron chi connectivity index (χ2n) is 3.65. The van der Waals surface area contributed by atoms with Crippen LogP contribution in [0.1, 0.15) is 13.3 Å². The minimum atomic E-state index is -3.74. The summed E-state index contributed by atoms with van der Waals surface area (Å²) in [7, 11) is -1.34. The lowest BCUT2D eigenvalue weighted by molar-refractivity contribution is 0.342. The van der Waals surface area contributed by atoms with Gasteiger partial charge in [0.2, 0.25) is 0 Å². The SMILES string of the molecule is CCCSP(=O)(OC)Oc1ccc(S(=O)(=O)OC)cc1. The molecule has 0 aliphatic rings. The first-order chi connectivity index (χ1) is 9.37. The predicted molar refractivity (Wildman–Crippen MR) is 78.6 cm³/mol. The molecule has 0 saturated carbocycles.